The minimum absolute atomic E-state index is 0.0749. The molecule has 0 aromatic carbocycles. The van der Waals surface area contributed by atoms with Crippen LogP contribution in [0.4, 0.5) is 0 Å². The molecule has 6 nitrogen and oxygen atoms in total. The van der Waals surface area contributed by atoms with Crippen molar-refractivity contribution in [2.24, 2.45) is 4.99 Å². The lowest BCUT2D eigenvalue weighted by Crippen LogP contribution is -2.48. The number of esters is 1. The standard InChI is InChI=1S/C20H40N4O2/c1-4-15-24-16-12-18(13-17-24)23-20(21-5-2)22-14-10-8-7-9-11-19(25)26-6-3/h18H,4-17H2,1-3H3,(H2,21,22,23). The Kier molecular flexibility index (Phi) is 13.0. The molecule has 152 valence electrons. The molecule has 0 aromatic rings. The Balaban J connectivity index is 2.18. The fraction of sp³-hybridized carbons (Fsp3) is 0.900. The minimum Gasteiger partial charge on any atom is -0.466 e. The number of piperidine rings is 1. The van der Waals surface area contributed by atoms with Gasteiger partial charge in [-0.1, -0.05) is 19.8 Å². The van der Waals surface area contributed by atoms with Crippen molar-refractivity contribution < 1.29 is 9.53 Å². The predicted molar refractivity (Wildman–Crippen MR) is 109 cm³/mol. The van der Waals surface area contributed by atoms with Gasteiger partial charge >= 0.3 is 5.97 Å². The van der Waals surface area contributed by atoms with Crippen LogP contribution in [0.5, 0.6) is 0 Å². The van der Waals surface area contributed by atoms with E-state index in [0.29, 0.717) is 19.1 Å². The number of nitrogens with zero attached hydrogens (tertiary/aromatic N) is 2. The first-order chi connectivity index (χ1) is 12.7. The summed E-state index contributed by atoms with van der Waals surface area (Å²) in [5, 5.41) is 6.96. The quantitative estimate of drug-likeness (QED) is 0.240. The van der Waals surface area contributed by atoms with Crippen molar-refractivity contribution in [1.82, 2.24) is 15.5 Å². The smallest absolute Gasteiger partial charge is 0.305 e. The third-order valence-electron chi connectivity index (χ3n) is 4.68. The summed E-state index contributed by atoms with van der Waals surface area (Å²) in [6, 6.07) is 0.533. The maximum Gasteiger partial charge on any atom is 0.305 e. The van der Waals surface area contributed by atoms with Crippen molar-refractivity contribution >= 4 is 11.9 Å². The number of hydrogen-bond acceptors (Lipinski definition) is 4. The van der Waals surface area contributed by atoms with Gasteiger partial charge in [-0.15, -0.1) is 0 Å². The molecule has 0 bridgehead atoms. The van der Waals surface area contributed by atoms with Gasteiger partial charge in [0.2, 0.25) is 0 Å². The van der Waals surface area contributed by atoms with E-state index in [1.54, 1.807) is 0 Å². The summed E-state index contributed by atoms with van der Waals surface area (Å²) >= 11 is 0. The van der Waals surface area contributed by atoms with Gasteiger partial charge in [-0.05, 0) is 52.5 Å². The number of guanidine groups is 1. The van der Waals surface area contributed by atoms with E-state index in [1.165, 1.54) is 38.9 Å². The molecule has 0 spiro atoms. The topological polar surface area (TPSA) is 66.0 Å². The molecule has 0 atom stereocenters. The molecule has 0 aliphatic carbocycles. The molecule has 1 aliphatic rings. The third kappa shape index (κ3) is 10.6. The van der Waals surface area contributed by atoms with Gasteiger partial charge < -0.3 is 20.3 Å². The summed E-state index contributed by atoms with van der Waals surface area (Å²) in [6.45, 7) is 12.0. The molecule has 0 amide bonds. The Morgan fingerprint density at radius 1 is 1.12 bits per heavy atom. The van der Waals surface area contributed by atoms with Gasteiger partial charge in [-0.25, -0.2) is 0 Å². The van der Waals surface area contributed by atoms with Crippen molar-refractivity contribution in [2.45, 2.75) is 78.2 Å². The normalized spacial score (nSPS) is 16.5. The van der Waals surface area contributed by atoms with Crippen molar-refractivity contribution in [3.05, 3.63) is 0 Å². The SMILES string of the molecule is CCCN1CCC(NC(=NCCCCCCC(=O)OCC)NCC)CC1. The number of ether oxygens (including phenoxy) is 1. The van der Waals surface area contributed by atoms with Gasteiger partial charge in [-0.2, -0.15) is 0 Å². The van der Waals surface area contributed by atoms with Crippen molar-refractivity contribution in [3.63, 3.8) is 0 Å². The zero-order valence-corrected chi connectivity index (χ0v) is 17.2. The zero-order valence-electron chi connectivity index (χ0n) is 17.2. The molecule has 1 saturated heterocycles. The van der Waals surface area contributed by atoms with Crippen LogP contribution in [-0.4, -0.2) is 62.2 Å². The lowest BCUT2D eigenvalue weighted by Gasteiger charge is -2.32. The second kappa shape index (κ2) is 14.8. The van der Waals surface area contributed by atoms with Crippen molar-refractivity contribution in [3.8, 4) is 0 Å². The molecule has 1 heterocycles. The van der Waals surface area contributed by atoms with E-state index < -0.39 is 0 Å². The number of carbonyl (C=O) groups excluding carboxylic acids is 1. The maximum atomic E-state index is 11.3. The molecule has 0 aromatic heterocycles. The van der Waals surface area contributed by atoms with E-state index in [1.807, 2.05) is 6.92 Å². The molecule has 0 radical (unpaired) electrons. The summed E-state index contributed by atoms with van der Waals surface area (Å²) in [4.78, 5) is 18.5. The molecular formula is C20H40N4O2. The van der Waals surface area contributed by atoms with Crippen LogP contribution in [0.15, 0.2) is 4.99 Å². The lowest BCUT2D eigenvalue weighted by molar-refractivity contribution is -0.143. The Bertz CT molecular complexity index is 393. The number of rotatable bonds is 12. The average molecular weight is 369 g/mol. The van der Waals surface area contributed by atoms with Gasteiger partial charge in [0.1, 0.15) is 0 Å². The van der Waals surface area contributed by atoms with Crippen LogP contribution in [0.2, 0.25) is 0 Å². The highest BCUT2D eigenvalue weighted by molar-refractivity contribution is 5.80. The Labute approximate surface area is 160 Å². The third-order valence-corrected chi connectivity index (χ3v) is 4.68. The van der Waals surface area contributed by atoms with Crippen LogP contribution in [-0.2, 0) is 9.53 Å². The monoisotopic (exact) mass is 368 g/mol. The van der Waals surface area contributed by atoms with Gasteiger partial charge in [0.25, 0.3) is 0 Å². The van der Waals surface area contributed by atoms with Gasteiger partial charge in [0, 0.05) is 38.6 Å². The highest BCUT2D eigenvalue weighted by atomic mass is 16.5. The fourth-order valence-corrected chi connectivity index (χ4v) is 3.29. The van der Waals surface area contributed by atoms with E-state index in [0.717, 1.165) is 44.7 Å². The van der Waals surface area contributed by atoms with Crippen LogP contribution in [0.3, 0.4) is 0 Å². The molecule has 0 saturated carbocycles. The molecule has 2 N–H and O–H groups in total. The van der Waals surface area contributed by atoms with Crippen LogP contribution < -0.4 is 10.6 Å². The number of hydrogen-bond donors (Lipinski definition) is 2. The number of carbonyl (C=O) groups is 1. The van der Waals surface area contributed by atoms with Crippen LogP contribution in [0.1, 0.15) is 72.1 Å². The molecular weight excluding hydrogens is 328 g/mol. The summed E-state index contributed by atoms with van der Waals surface area (Å²) < 4.78 is 4.94. The second-order valence-corrected chi connectivity index (χ2v) is 6.99. The maximum absolute atomic E-state index is 11.3. The zero-order chi connectivity index (χ0) is 19.0. The first-order valence-corrected chi connectivity index (χ1v) is 10.6. The fourth-order valence-electron chi connectivity index (χ4n) is 3.29. The minimum atomic E-state index is -0.0749. The number of likely N-dealkylation sites (tertiary alicyclic amines) is 1. The van der Waals surface area contributed by atoms with Crippen molar-refractivity contribution in [1.29, 1.82) is 0 Å². The van der Waals surface area contributed by atoms with E-state index in [4.69, 9.17) is 9.73 Å². The summed E-state index contributed by atoms with van der Waals surface area (Å²) in [7, 11) is 0. The number of aliphatic imine (C=N–C) groups is 1. The molecule has 6 heteroatoms. The first kappa shape index (κ1) is 22.7. The first-order valence-electron chi connectivity index (χ1n) is 10.6. The van der Waals surface area contributed by atoms with E-state index in [-0.39, 0.29) is 5.97 Å². The molecule has 0 unspecified atom stereocenters. The molecule has 26 heavy (non-hydrogen) atoms. The van der Waals surface area contributed by atoms with Crippen LogP contribution in [0.25, 0.3) is 0 Å². The van der Waals surface area contributed by atoms with Crippen LogP contribution in [0, 0.1) is 0 Å². The van der Waals surface area contributed by atoms with Gasteiger partial charge in [0.05, 0.1) is 6.61 Å². The van der Waals surface area contributed by atoms with E-state index in [9.17, 15) is 4.79 Å². The van der Waals surface area contributed by atoms with Gasteiger partial charge in [-0.3, -0.25) is 9.79 Å². The summed E-state index contributed by atoms with van der Waals surface area (Å²) in [5.74, 6) is 0.877. The number of unbranched alkanes of at least 4 members (excludes halogenated alkanes) is 3. The Morgan fingerprint density at radius 2 is 1.85 bits per heavy atom. The molecule has 1 rings (SSSR count). The number of nitrogens with one attached hydrogen (secondary N) is 2. The average Bonchev–Trinajstić information content (AvgIpc) is 2.63. The van der Waals surface area contributed by atoms with Gasteiger partial charge in [0.15, 0.2) is 5.96 Å². The second-order valence-electron chi connectivity index (χ2n) is 6.99. The summed E-state index contributed by atoms with van der Waals surface area (Å²) in [6.07, 6.45) is 8.31. The Hall–Kier alpha value is -1.30. The Morgan fingerprint density at radius 3 is 2.50 bits per heavy atom. The van der Waals surface area contributed by atoms with Crippen molar-refractivity contribution in [2.75, 3.05) is 39.3 Å². The highest BCUT2D eigenvalue weighted by Crippen LogP contribution is 2.10. The predicted octanol–water partition coefficient (Wildman–Crippen LogP) is 2.93. The van der Waals surface area contributed by atoms with E-state index >= 15 is 0 Å². The molecule has 1 aliphatic heterocycles. The lowest BCUT2D eigenvalue weighted by atomic mass is 10.1. The molecule has 1 fully saturated rings. The summed E-state index contributed by atoms with van der Waals surface area (Å²) in [5.41, 5.74) is 0. The largest absolute Gasteiger partial charge is 0.466 e. The highest BCUT2D eigenvalue weighted by Gasteiger charge is 2.19. The van der Waals surface area contributed by atoms with E-state index in [2.05, 4.69) is 29.4 Å². The van der Waals surface area contributed by atoms with Crippen LogP contribution >= 0.6 is 0 Å².